The number of rotatable bonds is 4. The average molecular weight is 253 g/mol. The summed E-state index contributed by atoms with van der Waals surface area (Å²) in [5.74, 6) is -1.02. The van der Waals surface area contributed by atoms with E-state index in [1.54, 1.807) is 0 Å². The normalized spacial score (nSPS) is 30.8. The molecule has 0 spiro atoms. The Balaban J connectivity index is 1.93. The Morgan fingerprint density at radius 2 is 1.83 bits per heavy atom. The molecule has 0 aromatic heterocycles. The van der Waals surface area contributed by atoms with Crippen LogP contribution in [0.15, 0.2) is 0 Å². The molecule has 102 valence electrons. The van der Waals surface area contributed by atoms with Crippen LogP contribution >= 0.6 is 0 Å². The maximum absolute atomic E-state index is 12.4. The van der Waals surface area contributed by atoms with Crippen LogP contribution in [0.3, 0.4) is 0 Å². The van der Waals surface area contributed by atoms with E-state index in [-0.39, 0.29) is 29.2 Å². The van der Waals surface area contributed by atoms with Gasteiger partial charge in [-0.15, -0.1) is 0 Å². The van der Waals surface area contributed by atoms with E-state index >= 15 is 0 Å². The summed E-state index contributed by atoms with van der Waals surface area (Å²) >= 11 is 0. The van der Waals surface area contributed by atoms with Gasteiger partial charge in [0.05, 0.1) is 5.92 Å². The van der Waals surface area contributed by atoms with E-state index in [0.29, 0.717) is 12.8 Å². The van der Waals surface area contributed by atoms with Crippen LogP contribution in [0.5, 0.6) is 0 Å². The van der Waals surface area contributed by atoms with Crippen molar-refractivity contribution in [3.63, 3.8) is 0 Å². The molecule has 0 heterocycles. The first-order valence-corrected chi connectivity index (χ1v) is 6.84. The van der Waals surface area contributed by atoms with Crippen LogP contribution in [-0.4, -0.2) is 35.0 Å². The monoisotopic (exact) mass is 253 g/mol. The van der Waals surface area contributed by atoms with Crippen LogP contribution in [-0.2, 0) is 9.59 Å². The number of carboxylic acid groups (broad SMARTS) is 1. The molecule has 4 nitrogen and oxygen atoms in total. The molecule has 2 aliphatic carbocycles. The molecule has 2 fully saturated rings. The first-order valence-electron chi connectivity index (χ1n) is 6.84. The van der Waals surface area contributed by atoms with E-state index in [1.807, 2.05) is 11.9 Å². The lowest BCUT2D eigenvalue weighted by Crippen LogP contribution is -2.42. The molecule has 0 aromatic carbocycles. The van der Waals surface area contributed by atoms with E-state index in [4.69, 9.17) is 5.11 Å². The zero-order chi connectivity index (χ0) is 13.5. The van der Waals surface area contributed by atoms with Gasteiger partial charge in [0.25, 0.3) is 0 Å². The molecule has 1 unspecified atom stereocenters. The Morgan fingerprint density at radius 3 is 2.28 bits per heavy atom. The molecule has 2 rings (SSSR count). The summed E-state index contributed by atoms with van der Waals surface area (Å²) in [6, 6.07) is 0.258. The molecular weight excluding hydrogens is 230 g/mol. The van der Waals surface area contributed by atoms with Crippen LogP contribution in [0.2, 0.25) is 0 Å². The van der Waals surface area contributed by atoms with Gasteiger partial charge in [-0.2, -0.15) is 0 Å². The number of hydrogen-bond acceptors (Lipinski definition) is 2. The zero-order valence-electron chi connectivity index (χ0n) is 11.5. The fourth-order valence-electron chi connectivity index (χ4n) is 2.99. The highest BCUT2D eigenvalue weighted by molar-refractivity contribution is 5.81. The van der Waals surface area contributed by atoms with Gasteiger partial charge in [0, 0.05) is 19.0 Å². The molecule has 18 heavy (non-hydrogen) atoms. The van der Waals surface area contributed by atoms with Gasteiger partial charge in [-0.05, 0) is 44.4 Å². The fourth-order valence-corrected chi connectivity index (χ4v) is 2.99. The second kappa shape index (κ2) is 4.56. The Labute approximate surface area is 108 Å². The van der Waals surface area contributed by atoms with Crippen molar-refractivity contribution in [3.8, 4) is 0 Å². The van der Waals surface area contributed by atoms with E-state index in [9.17, 15) is 9.59 Å². The Morgan fingerprint density at radius 1 is 1.28 bits per heavy atom. The van der Waals surface area contributed by atoms with Crippen molar-refractivity contribution in [2.24, 2.45) is 17.3 Å². The number of carbonyl (C=O) groups excluding carboxylic acids is 1. The highest BCUT2D eigenvalue weighted by Crippen LogP contribution is 2.50. The average Bonchev–Trinajstić information content (AvgIpc) is 2.91. The van der Waals surface area contributed by atoms with E-state index in [1.165, 1.54) is 12.8 Å². The minimum atomic E-state index is -0.754. The second-order valence-corrected chi connectivity index (χ2v) is 6.32. The SMILES string of the molecule is CC(N(C)C(=O)[C@@H]1CC[C@H](C(=O)O)C1)C1(C)CC1. The van der Waals surface area contributed by atoms with Crippen molar-refractivity contribution >= 4 is 11.9 Å². The summed E-state index contributed by atoms with van der Waals surface area (Å²) in [7, 11) is 1.87. The van der Waals surface area contributed by atoms with E-state index < -0.39 is 5.97 Å². The summed E-state index contributed by atoms with van der Waals surface area (Å²) in [6.45, 7) is 4.32. The molecule has 0 saturated heterocycles. The van der Waals surface area contributed by atoms with Crippen LogP contribution in [0.1, 0.15) is 46.0 Å². The van der Waals surface area contributed by atoms with Gasteiger partial charge in [0.1, 0.15) is 0 Å². The van der Waals surface area contributed by atoms with Crippen LogP contribution in [0, 0.1) is 17.3 Å². The molecule has 2 aliphatic rings. The summed E-state index contributed by atoms with van der Waals surface area (Å²) in [5.41, 5.74) is 0.287. The highest BCUT2D eigenvalue weighted by Gasteiger charge is 2.46. The highest BCUT2D eigenvalue weighted by atomic mass is 16.4. The van der Waals surface area contributed by atoms with Crippen molar-refractivity contribution in [1.29, 1.82) is 0 Å². The summed E-state index contributed by atoms with van der Waals surface area (Å²) in [5, 5.41) is 8.97. The lowest BCUT2D eigenvalue weighted by Gasteiger charge is -2.32. The van der Waals surface area contributed by atoms with Gasteiger partial charge in [-0.25, -0.2) is 0 Å². The summed E-state index contributed by atoms with van der Waals surface area (Å²) in [4.78, 5) is 25.1. The summed E-state index contributed by atoms with van der Waals surface area (Å²) < 4.78 is 0. The molecule has 1 N–H and O–H groups in total. The first kappa shape index (κ1) is 13.4. The maximum atomic E-state index is 12.4. The number of aliphatic carboxylic acids is 1. The smallest absolute Gasteiger partial charge is 0.306 e. The Bertz CT molecular complexity index is 362. The number of hydrogen-bond donors (Lipinski definition) is 1. The van der Waals surface area contributed by atoms with Gasteiger partial charge in [-0.3, -0.25) is 9.59 Å². The van der Waals surface area contributed by atoms with E-state index in [2.05, 4.69) is 13.8 Å². The predicted octanol–water partition coefficient (Wildman–Crippen LogP) is 2.13. The Hall–Kier alpha value is -1.06. The number of carbonyl (C=O) groups is 2. The molecular formula is C14H23NO3. The molecule has 4 heteroatoms. The Kier molecular flexibility index (Phi) is 3.39. The van der Waals surface area contributed by atoms with Gasteiger partial charge >= 0.3 is 5.97 Å². The second-order valence-electron chi connectivity index (χ2n) is 6.32. The zero-order valence-corrected chi connectivity index (χ0v) is 11.5. The predicted molar refractivity (Wildman–Crippen MR) is 68.0 cm³/mol. The molecule has 3 atom stereocenters. The standard InChI is InChI=1S/C14H23NO3/c1-9(14(2)6-7-14)15(3)12(16)10-4-5-11(8-10)13(17)18/h9-11H,4-8H2,1-3H3,(H,17,18)/t9?,10-,11+/m1/s1. The third kappa shape index (κ3) is 2.38. The molecule has 0 aromatic rings. The van der Waals surface area contributed by atoms with Crippen molar-refractivity contribution < 1.29 is 14.7 Å². The molecule has 1 amide bonds. The number of amides is 1. The van der Waals surface area contributed by atoms with E-state index in [0.717, 1.165) is 6.42 Å². The van der Waals surface area contributed by atoms with Crippen molar-refractivity contribution in [2.75, 3.05) is 7.05 Å². The van der Waals surface area contributed by atoms with Crippen LogP contribution < -0.4 is 0 Å². The van der Waals surface area contributed by atoms with Crippen LogP contribution in [0.25, 0.3) is 0 Å². The number of nitrogens with zero attached hydrogens (tertiary/aromatic N) is 1. The third-order valence-corrected chi connectivity index (χ3v) is 5.11. The van der Waals surface area contributed by atoms with Gasteiger partial charge in [0.15, 0.2) is 0 Å². The molecule has 0 bridgehead atoms. The van der Waals surface area contributed by atoms with Crippen molar-refractivity contribution in [1.82, 2.24) is 4.90 Å². The van der Waals surface area contributed by atoms with Crippen LogP contribution in [0.4, 0.5) is 0 Å². The minimum absolute atomic E-state index is 0.0825. The fraction of sp³-hybridized carbons (Fsp3) is 0.857. The number of carboxylic acids is 1. The summed E-state index contributed by atoms with van der Waals surface area (Å²) in [6.07, 6.45) is 4.26. The molecule has 0 radical (unpaired) electrons. The minimum Gasteiger partial charge on any atom is -0.481 e. The lowest BCUT2D eigenvalue weighted by molar-refractivity contribution is -0.142. The van der Waals surface area contributed by atoms with Crippen molar-refractivity contribution in [3.05, 3.63) is 0 Å². The van der Waals surface area contributed by atoms with Gasteiger partial charge < -0.3 is 10.0 Å². The van der Waals surface area contributed by atoms with Gasteiger partial charge in [-0.1, -0.05) is 6.92 Å². The largest absolute Gasteiger partial charge is 0.481 e. The quantitative estimate of drug-likeness (QED) is 0.835. The topological polar surface area (TPSA) is 57.6 Å². The third-order valence-electron chi connectivity index (χ3n) is 5.11. The first-order chi connectivity index (χ1) is 8.35. The molecule has 0 aliphatic heterocycles. The lowest BCUT2D eigenvalue weighted by atomic mass is 9.97. The van der Waals surface area contributed by atoms with Crippen molar-refractivity contribution in [2.45, 2.75) is 52.0 Å². The molecule has 2 saturated carbocycles. The van der Waals surface area contributed by atoms with Gasteiger partial charge in [0.2, 0.25) is 5.91 Å². The maximum Gasteiger partial charge on any atom is 0.306 e.